The number of hydrazone groups is 1. The maximum absolute atomic E-state index is 11.9. The first-order valence-electron chi connectivity index (χ1n) is 9.46. The van der Waals surface area contributed by atoms with Gasteiger partial charge in [-0.3, -0.25) is 9.59 Å². The molecule has 0 radical (unpaired) electrons. The summed E-state index contributed by atoms with van der Waals surface area (Å²) in [4.78, 5) is 22.9. The molecule has 7 nitrogen and oxygen atoms in total. The summed E-state index contributed by atoms with van der Waals surface area (Å²) in [5.74, 6) is 0.0324. The molecule has 0 saturated heterocycles. The van der Waals surface area contributed by atoms with Crippen LogP contribution in [0.5, 0.6) is 5.75 Å². The summed E-state index contributed by atoms with van der Waals surface area (Å²) in [5, 5.41) is 15.4. The molecule has 0 bridgehead atoms. The van der Waals surface area contributed by atoms with Crippen LogP contribution in [0.3, 0.4) is 0 Å². The number of hydrogen-bond donors (Lipinski definition) is 2. The molecule has 0 fully saturated rings. The summed E-state index contributed by atoms with van der Waals surface area (Å²) in [7, 11) is 0. The van der Waals surface area contributed by atoms with Gasteiger partial charge in [0.05, 0.1) is 17.8 Å². The van der Waals surface area contributed by atoms with Crippen LogP contribution in [0.1, 0.15) is 18.1 Å². The predicted octanol–water partition coefficient (Wildman–Crippen LogP) is 3.71. The lowest BCUT2D eigenvalue weighted by Gasteiger charge is -2.07. The summed E-state index contributed by atoms with van der Waals surface area (Å²) >= 11 is 0. The third-order valence-corrected chi connectivity index (χ3v) is 4.21. The number of amides is 2. The number of nitriles is 1. The lowest BCUT2D eigenvalue weighted by molar-refractivity contribution is -0.123. The third kappa shape index (κ3) is 6.54. The summed E-state index contributed by atoms with van der Waals surface area (Å²) in [6.07, 6.45) is 1.50. The SMILES string of the molecule is CC(=O)Nc1ccc(/C=N/NC(=O)COc2ccc(-c3ccc(C#N)cc3)cc2)cc1. The quantitative estimate of drug-likeness (QED) is 0.456. The Labute approximate surface area is 180 Å². The van der Waals surface area contributed by atoms with Crippen molar-refractivity contribution in [1.82, 2.24) is 5.43 Å². The number of carbonyl (C=O) groups is 2. The Kier molecular flexibility index (Phi) is 7.12. The van der Waals surface area contributed by atoms with Crippen molar-refractivity contribution in [3.8, 4) is 22.9 Å². The average Bonchev–Trinajstić information content (AvgIpc) is 2.79. The fourth-order valence-corrected chi connectivity index (χ4v) is 2.70. The second-order valence-corrected chi connectivity index (χ2v) is 6.60. The van der Waals surface area contributed by atoms with Crippen LogP contribution < -0.4 is 15.5 Å². The Bertz CT molecular complexity index is 1110. The third-order valence-electron chi connectivity index (χ3n) is 4.21. The minimum Gasteiger partial charge on any atom is -0.484 e. The molecule has 0 spiro atoms. The van der Waals surface area contributed by atoms with E-state index in [1.165, 1.54) is 13.1 Å². The number of ether oxygens (including phenoxy) is 1. The Hall–Kier alpha value is -4.44. The average molecular weight is 412 g/mol. The molecule has 3 rings (SSSR count). The van der Waals surface area contributed by atoms with E-state index in [-0.39, 0.29) is 18.4 Å². The molecule has 3 aromatic carbocycles. The van der Waals surface area contributed by atoms with Gasteiger partial charge in [-0.15, -0.1) is 0 Å². The molecular formula is C24H20N4O3. The van der Waals surface area contributed by atoms with E-state index in [0.717, 1.165) is 16.7 Å². The Morgan fingerprint density at radius 1 is 0.968 bits per heavy atom. The van der Waals surface area contributed by atoms with Crippen LogP contribution in [0.2, 0.25) is 0 Å². The van der Waals surface area contributed by atoms with Crippen molar-refractivity contribution in [3.63, 3.8) is 0 Å². The monoisotopic (exact) mass is 412 g/mol. The zero-order valence-corrected chi connectivity index (χ0v) is 16.8. The van der Waals surface area contributed by atoms with Crippen LogP contribution in [-0.4, -0.2) is 24.6 Å². The topological polar surface area (TPSA) is 104 Å². The lowest BCUT2D eigenvalue weighted by atomic mass is 10.0. The number of benzene rings is 3. The van der Waals surface area contributed by atoms with Crippen LogP contribution in [0.4, 0.5) is 5.69 Å². The van der Waals surface area contributed by atoms with Crippen molar-refractivity contribution in [2.45, 2.75) is 6.92 Å². The molecular weight excluding hydrogens is 392 g/mol. The van der Waals surface area contributed by atoms with Crippen LogP contribution in [-0.2, 0) is 9.59 Å². The van der Waals surface area contributed by atoms with Gasteiger partial charge in [0.25, 0.3) is 5.91 Å². The van der Waals surface area contributed by atoms with Gasteiger partial charge in [-0.1, -0.05) is 36.4 Å². The first-order valence-corrected chi connectivity index (χ1v) is 9.46. The fourth-order valence-electron chi connectivity index (χ4n) is 2.70. The van der Waals surface area contributed by atoms with Crippen molar-refractivity contribution in [2.75, 3.05) is 11.9 Å². The lowest BCUT2D eigenvalue weighted by Crippen LogP contribution is -2.24. The Balaban J connectivity index is 1.46. The molecule has 0 saturated carbocycles. The molecule has 2 N–H and O–H groups in total. The van der Waals surface area contributed by atoms with Gasteiger partial charge in [0.1, 0.15) is 5.75 Å². The first kappa shape index (κ1) is 21.3. The minimum absolute atomic E-state index is 0.141. The molecule has 31 heavy (non-hydrogen) atoms. The van der Waals surface area contributed by atoms with E-state index < -0.39 is 0 Å². The van der Waals surface area contributed by atoms with Crippen molar-refractivity contribution in [3.05, 3.63) is 83.9 Å². The molecule has 0 heterocycles. The number of hydrogen-bond acceptors (Lipinski definition) is 5. The van der Waals surface area contributed by atoms with Gasteiger partial charge in [-0.25, -0.2) is 5.43 Å². The van der Waals surface area contributed by atoms with Gasteiger partial charge in [0, 0.05) is 12.6 Å². The van der Waals surface area contributed by atoms with E-state index in [9.17, 15) is 9.59 Å². The molecule has 7 heteroatoms. The van der Waals surface area contributed by atoms with Gasteiger partial charge in [-0.05, 0) is 53.1 Å². The molecule has 3 aromatic rings. The first-order chi connectivity index (χ1) is 15.0. The van der Waals surface area contributed by atoms with Gasteiger partial charge in [0.15, 0.2) is 6.61 Å². The van der Waals surface area contributed by atoms with E-state index >= 15 is 0 Å². The van der Waals surface area contributed by atoms with Crippen molar-refractivity contribution < 1.29 is 14.3 Å². The Morgan fingerprint density at radius 3 is 2.16 bits per heavy atom. The predicted molar refractivity (Wildman–Crippen MR) is 119 cm³/mol. The van der Waals surface area contributed by atoms with Crippen molar-refractivity contribution in [2.24, 2.45) is 5.10 Å². The number of nitrogens with one attached hydrogen (secondary N) is 2. The summed E-state index contributed by atoms with van der Waals surface area (Å²) in [5.41, 5.74) is 6.45. The van der Waals surface area contributed by atoms with Gasteiger partial charge in [0.2, 0.25) is 5.91 Å². The van der Waals surface area contributed by atoms with Gasteiger partial charge >= 0.3 is 0 Å². The normalized spacial score (nSPS) is 10.3. The highest BCUT2D eigenvalue weighted by Crippen LogP contribution is 2.22. The zero-order chi connectivity index (χ0) is 22.1. The Morgan fingerprint density at radius 2 is 1.58 bits per heavy atom. The number of anilines is 1. The highest BCUT2D eigenvalue weighted by molar-refractivity contribution is 5.89. The maximum Gasteiger partial charge on any atom is 0.277 e. The van der Waals surface area contributed by atoms with Crippen molar-refractivity contribution >= 4 is 23.7 Å². The molecule has 0 unspecified atom stereocenters. The van der Waals surface area contributed by atoms with E-state index in [1.54, 1.807) is 48.5 Å². The molecule has 154 valence electrons. The van der Waals surface area contributed by atoms with Crippen LogP contribution in [0.25, 0.3) is 11.1 Å². The number of carbonyl (C=O) groups excluding carboxylic acids is 2. The van der Waals surface area contributed by atoms with Crippen LogP contribution in [0, 0.1) is 11.3 Å². The summed E-state index contributed by atoms with van der Waals surface area (Å²) < 4.78 is 5.48. The van der Waals surface area contributed by atoms with Crippen molar-refractivity contribution in [1.29, 1.82) is 5.26 Å². The second kappa shape index (κ2) is 10.4. The van der Waals surface area contributed by atoms with Gasteiger partial charge in [-0.2, -0.15) is 10.4 Å². The summed E-state index contributed by atoms with van der Waals surface area (Å²) in [6.45, 7) is 1.27. The largest absolute Gasteiger partial charge is 0.484 e. The number of rotatable bonds is 7. The minimum atomic E-state index is -0.387. The highest BCUT2D eigenvalue weighted by atomic mass is 16.5. The fraction of sp³-hybridized carbons (Fsp3) is 0.0833. The zero-order valence-electron chi connectivity index (χ0n) is 16.8. The molecule has 0 aliphatic carbocycles. The van der Waals surface area contributed by atoms with Crippen LogP contribution in [0.15, 0.2) is 77.9 Å². The maximum atomic E-state index is 11.9. The van der Waals surface area contributed by atoms with E-state index in [1.807, 2.05) is 24.3 Å². The number of nitrogens with zero attached hydrogens (tertiary/aromatic N) is 2. The molecule has 0 aliphatic heterocycles. The molecule has 0 atom stereocenters. The second-order valence-electron chi connectivity index (χ2n) is 6.60. The van der Waals surface area contributed by atoms with E-state index in [0.29, 0.717) is 17.0 Å². The molecule has 2 amide bonds. The molecule has 0 aromatic heterocycles. The van der Waals surface area contributed by atoms with E-state index in [4.69, 9.17) is 10.00 Å². The standard InChI is InChI=1S/C24H20N4O3/c1-17(29)27-22-10-4-19(5-11-22)15-26-28-24(30)16-31-23-12-8-21(9-13-23)20-6-2-18(14-25)3-7-20/h2-13,15H,16H2,1H3,(H,27,29)(H,28,30)/b26-15+. The van der Waals surface area contributed by atoms with Crippen LogP contribution >= 0.6 is 0 Å². The van der Waals surface area contributed by atoms with E-state index in [2.05, 4.69) is 21.9 Å². The molecule has 0 aliphatic rings. The smallest absolute Gasteiger partial charge is 0.277 e. The highest BCUT2D eigenvalue weighted by Gasteiger charge is 2.03. The van der Waals surface area contributed by atoms with Gasteiger partial charge < -0.3 is 10.1 Å². The summed E-state index contributed by atoms with van der Waals surface area (Å²) in [6, 6.07) is 23.8.